The third kappa shape index (κ3) is 7.79. The third-order valence-electron chi connectivity index (χ3n) is 5.97. The van der Waals surface area contributed by atoms with Crippen molar-refractivity contribution in [1.29, 1.82) is 0 Å². The number of rotatable bonds is 10. The summed E-state index contributed by atoms with van der Waals surface area (Å²) in [5, 5.41) is 13.3. The Labute approximate surface area is 233 Å². The van der Waals surface area contributed by atoms with Crippen molar-refractivity contribution in [1.82, 2.24) is 9.78 Å². The number of carboxylic acid groups (broad SMARTS) is 1. The molecule has 0 saturated heterocycles. The second-order valence-electron chi connectivity index (χ2n) is 8.77. The van der Waals surface area contributed by atoms with Crippen LogP contribution in [0.5, 0.6) is 11.5 Å². The molecule has 1 aromatic heterocycles. The van der Waals surface area contributed by atoms with Gasteiger partial charge in [0.1, 0.15) is 24.7 Å². The lowest BCUT2D eigenvalue weighted by Crippen LogP contribution is -2.23. The lowest BCUT2D eigenvalue weighted by Gasteiger charge is -2.14. The molecule has 0 aliphatic rings. The maximum Gasteiger partial charge on any atom is 0.344 e. The highest BCUT2D eigenvalue weighted by Crippen LogP contribution is 2.27. The van der Waals surface area contributed by atoms with Crippen molar-refractivity contribution in [2.24, 2.45) is 0 Å². The SMILES string of the molecule is CSc1ccc(C(=CCOc2ccc(OC(C)C(=O)O)c(C)c2)c2ccc(C#CCn3cccn3)cc2)cc1. The van der Waals surface area contributed by atoms with Gasteiger partial charge >= 0.3 is 5.97 Å². The number of carbonyl (C=O) groups is 1. The van der Waals surface area contributed by atoms with E-state index in [0.29, 0.717) is 24.7 Å². The number of hydrogen-bond donors (Lipinski definition) is 1. The summed E-state index contributed by atoms with van der Waals surface area (Å²) in [6, 6.07) is 23.9. The molecule has 4 aromatic rings. The predicted molar refractivity (Wildman–Crippen MR) is 155 cm³/mol. The van der Waals surface area contributed by atoms with Crippen LogP contribution in [0, 0.1) is 18.8 Å². The Morgan fingerprint density at radius 3 is 2.44 bits per heavy atom. The molecule has 6 nitrogen and oxygen atoms in total. The topological polar surface area (TPSA) is 73.6 Å². The zero-order valence-corrected chi connectivity index (χ0v) is 22.9. The van der Waals surface area contributed by atoms with E-state index in [-0.39, 0.29) is 0 Å². The summed E-state index contributed by atoms with van der Waals surface area (Å²) < 4.78 is 13.3. The fraction of sp³-hybridized carbons (Fsp3) is 0.188. The number of aliphatic carboxylic acids is 1. The number of benzene rings is 3. The maximum absolute atomic E-state index is 11.1. The molecule has 39 heavy (non-hydrogen) atoms. The normalized spacial score (nSPS) is 11.8. The molecule has 0 aliphatic heterocycles. The van der Waals surface area contributed by atoms with Crippen LogP contribution in [0.4, 0.5) is 0 Å². The van der Waals surface area contributed by atoms with E-state index >= 15 is 0 Å². The zero-order valence-electron chi connectivity index (χ0n) is 22.1. The first kappa shape index (κ1) is 27.6. The fourth-order valence-electron chi connectivity index (χ4n) is 3.83. The van der Waals surface area contributed by atoms with Crippen LogP contribution in [0.15, 0.2) is 96.2 Å². The summed E-state index contributed by atoms with van der Waals surface area (Å²) in [7, 11) is 0. The smallest absolute Gasteiger partial charge is 0.344 e. The second kappa shape index (κ2) is 13.4. The molecule has 0 amide bonds. The second-order valence-corrected chi connectivity index (χ2v) is 9.65. The largest absolute Gasteiger partial charge is 0.489 e. The first-order chi connectivity index (χ1) is 18.9. The molecule has 1 unspecified atom stereocenters. The summed E-state index contributed by atoms with van der Waals surface area (Å²) >= 11 is 1.71. The highest BCUT2D eigenvalue weighted by molar-refractivity contribution is 7.98. The molecule has 4 rings (SSSR count). The first-order valence-electron chi connectivity index (χ1n) is 12.5. The number of hydrogen-bond acceptors (Lipinski definition) is 5. The van der Waals surface area contributed by atoms with Crippen LogP contribution < -0.4 is 9.47 Å². The first-order valence-corrected chi connectivity index (χ1v) is 13.7. The molecule has 198 valence electrons. The Bertz CT molecular complexity index is 1480. The molecular formula is C32H30N2O4S. The van der Waals surface area contributed by atoms with Gasteiger partial charge in [0.2, 0.25) is 0 Å². The minimum atomic E-state index is -1.01. The molecule has 0 fully saturated rings. The van der Waals surface area contributed by atoms with E-state index in [2.05, 4.69) is 65.7 Å². The highest BCUT2D eigenvalue weighted by Gasteiger charge is 2.14. The van der Waals surface area contributed by atoms with Crippen LogP contribution in [0.3, 0.4) is 0 Å². The number of carboxylic acids is 1. The Hall–Kier alpha value is -4.41. The highest BCUT2D eigenvalue weighted by atomic mass is 32.2. The number of aromatic nitrogens is 2. The van der Waals surface area contributed by atoms with E-state index in [1.54, 1.807) is 34.8 Å². The molecule has 0 radical (unpaired) electrons. The van der Waals surface area contributed by atoms with E-state index in [9.17, 15) is 4.79 Å². The van der Waals surface area contributed by atoms with Gasteiger partial charge in [0.05, 0.1) is 0 Å². The van der Waals surface area contributed by atoms with Crippen LogP contribution >= 0.6 is 11.8 Å². The lowest BCUT2D eigenvalue weighted by molar-refractivity contribution is -0.144. The van der Waals surface area contributed by atoms with Gasteiger partial charge in [-0.2, -0.15) is 5.10 Å². The molecule has 7 heteroatoms. The van der Waals surface area contributed by atoms with Gasteiger partial charge in [0, 0.05) is 22.9 Å². The van der Waals surface area contributed by atoms with Crippen LogP contribution in [0.2, 0.25) is 0 Å². The van der Waals surface area contributed by atoms with Gasteiger partial charge < -0.3 is 14.6 Å². The number of ether oxygens (including phenoxy) is 2. The van der Waals surface area contributed by atoms with Crippen molar-refractivity contribution < 1.29 is 19.4 Å². The summed E-state index contributed by atoms with van der Waals surface area (Å²) in [5.74, 6) is 6.54. The molecule has 1 heterocycles. The molecule has 0 spiro atoms. The molecule has 0 bridgehead atoms. The Kier molecular flexibility index (Phi) is 9.49. The maximum atomic E-state index is 11.1. The van der Waals surface area contributed by atoms with Crippen LogP contribution in [-0.2, 0) is 11.3 Å². The van der Waals surface area contributed by atoms with Gasteiger partial charge in [0.25, 0.3) is 0 Å². The average Bonchev–Trinajstić information content (AvgIpc) is 3.47. The molecule has 0 saturated carbocycles. The minimum Gasteiger partial charge on any atom is -0.489 e. The average molecular weight is 539 g/mol. The molecule has 3 aromatic carbocycles. The summed E-state index contributed by atoms with van der Waals surface area (Å²) in [4.78, 5) is 12.3. The van der Waals surface area contributed by atoms with Crippen LogP contribution in [0.25, 0.3) is 5.57 Å². The number of thioether (sulfide) groups is 1. The molecule has 0 aliphatic carbocycles. The summed E-state index contributed by atoms with van der Waals surface area (Å²) in [5.41, 5.74) is 4.97. The standard InChI is InChI=1S/C32H30N2O4S/c1-23-22-28(13-16-31(23)38-24(2)32(35)36)37-21-17-30(27-11-14-29(39-3)15-12-27)26-9-7-25(8-10-26)6-4-19-34-20-5-18-33-34/h5,7-18,20,22,24H,19,21H2,1-3H3,(H,35,36). The van der Waals surface area contributed by atoms with Crippen molar-refractivity contribution in [3.05, 3.63) is 114 Å². The van der Waals surface area contributed by atoms with Gasteiger partial charge in [0.15, 0.2) is 6.10 Å². The summed E-state index contributed by atoms with van der Waals surface area (Å²) in [6.45, 7) is 4.27. The van der Waals surface area contributed by atoms with Crippen LogP contribution in [-0.4, -0.2) is 39.8 Å². The van der Waals surface area contributed by atoms with Crippen molar-refractivity contribution in [3.8, 4) is 23.3 Å². The predicted octanol–water partition coefficient (Wildman–Crippen LogP) is 6.33. The third-order valence-corrected chi connectivity index (χ3v) is 6.71. The molecular weight excluding hydrogens is 508 g/mol. The Morgan fingerprint density at radius 2 is 1.82 bits per heavy atom. The van der Waals surface area contributed by atoms with Crippen molar-refractivity contribution in [2.75, 3.05) is 12.9 Å². The van der Waals surface area contributed by atoms with Crippen LogP contribution in [0.1, 0.15) is 29.2 Å². The summed E-state index contributed by atoms with van der Waals surface area (Å²) in [6.07, 6.45) is 6.84. The van der Waals surface area contributed by atoms with E-state index in [0.717, 1.165) is 27.8 Å². The molecule has 1 atom stereocenters. The Balaban J connectivity index is 1.51. The van der Waals surface area contributed by atoms with Gasteiger partial charge in [-0.15, -0.1) is 11.8 Å². The quantitative estimate of drug-likeness (QED) is 0.188. The Morgan fingerprint density at radius 1 is 1.10 bits per heavy atom. The van der Waals surface area contributed by atoms with E-state index in [1.807, 2.05) is 37.4 Å². The van der Waals surface area contributed by atoms with Crippen molar-refractivity contribution in [2.45, 2.75) is 31.4 Å². The van der Waals surface area contributed by atoms with Gasteiger partial charge in [-0.3, -0.25) is 4.68 Å². The van der Waals surface area contributed by atoms with Gasteiger partial charge in [-0.1, -0.05) is 36.1 Å². The number of nitrogens with zero attached hydrogens (tertiary/aromatic N) is 2. The lowest BCUT2D eigenvalue weighted by atomic mass is 9.97. The van der Waals surface area contributed by atoms with Crippen molar-refractivity contribution in [3.63, 3.8) is 0 Å². The molecule has 1 N–H and O–H groups in total. The minimum absolute atomic E-state index is 0.357. The van der Waals surface area contributed by atoms with E-state index in [4.69, 9.17) is 14.6 Å². The van der Waals surface area contributed by atoms with E-state index in [1.165, 1.54) is 11.8 Å². The van der Waals surface area contributed by atoms with E-state index < -0.39 is 12.1 Å². The fourth-order valence-corrected chi connectivity index (χ4v) is 4.24. The van der Waals surface area contributed by atoms with Gasteiger partial charge in [-0.25, -0.2) is 4.79 Å². The van der Waals surface area contributed by atoms with Gasteiger partial charge in [-0.05, 0) is 97.0 Å². The number of aryl methyl sites for hydroxylation is 1. The monoisotopic (exact) mass is 538 g/mol. The zero-order chi connectivity index (χ0) is 27.6. The van der Waals surface area contributed by atoms with Crippen molar-refractivity contribution >= 4 is 23.3 Å².